The van der Waals surface area contributed by atoms with Gasteiger partial charge in [-0.2, -0.15) is 0 Å². The molecule has 4 nitrogen and oxygen atoms in total. The van der Waals surface area contributed by atoms with Gasteiger partial charge in [0, 0.05) is 23.6 Å². The minimum absolute atomic E-state index is 0.106. The Morgan fingerprint density at radius 1 is 1.44 bits per heavy atom. The van der Waals surface area contributed by atoms with Gasteiger partial charge < -0.3 is 11.1 Å². The number of nitrogen functional groups attached to an aromatic ring is 1. The summed E-state index contributed by atoms with van der Waals surface area (Å²) in [5.74, 6) is 1.09. The lowest BCUT2D eigenvalue weighted by Gasteiger charge is -2.20. The fourth-order valence-corrected chi connectivity index (χ4v) is 2.59. The van der Waals surface area contributed by atoms with E-state index in [-0.39, 0.29) is 11.9 Å². The van der Waals surface area contributed by atoms with Gasteiger partial charge in [-0.25, -0.2) is 0 Å². The number of carbonyl (C=O) groups excluding carboxylic acids is 1. The third kappa shape index (κ3) is 2.47. The quantitative estimate of drug-likeness (QED) is 0.841. The van der Waals surface area contributed by atoms with Crippen molar-refractivity contribution in [2.75, 3.05) is 5.73 Å². The average Bonchev–Trinajstić information content (AvgIpc) is 2.61. The molecule has 98 valence electrons. The van der Waals surface area contributed by atoms with Crippen LogP contribution >= 0.6 is 0 Å². The van der Waals surface area contributed by atoms with Crippen molar-refractivity contribution in [1.29, 1.82) is 0 Å². The lowest BCUT2D eigenvalue weighted by molar-refractivity contribution is 0.0928. The van der Waals surface area contributed by atoms with E-state index in [9.17, 15) is 4.79 Å². The predicted molar refractivity (Wildman–Crippen MR) is 72.2 cm³/mol. The Balaban J connectivity index is 2.08. The summed E-state index contributed by atoms with van der Waals surface area (Å²) in [5.41, 5.74) is 7.66. The molecule has 0 aliphatic heterocycles. The second kappa shape index (κ2) is 4.96. The maximum absolute atomic E-state index is 12.2. The highest BCUT2D eigenvalue weighted by Crippen LogP contribution is 2.31. The Morgan fingerprint density at radius 3 is 2.72 bits per heavy atom. The molecule has 0 bridgehead atoms. The first-order chi connectivity index (χ1) is 8.49. The Hall–Kier alpha value is -1.58. The van der Waals surface area contributed by atoms with Gasteiger partial charge >= 0.3 is 0 Å². The van der Waals surface area contributed by atoms with E-state index in [1.807, 2.05) is 6.92 Å². The van der Waals surface area contributed by atoms with Gasteiger partial charge in [0.15, 0.2) is 0 Å². The summed E-state index contributed by atoms with van der Waals surface area (Å²) in [5, 5.41) is 3.08. The molecule has 3 N–H and O–H groups in total. The molecule has 1 aliphatic rings. The molecule has 3 atom stereocenters. The van der Waals surface area contributed by atoms with E-state index >= 15 is 0 Å². The Morgan fingerprint density at radius 2 is 2.17 bits per heavy atom. The fraction of sp³-hybridized carbons (Fsp3) is 0.571. The third-order valence-electron chi connectivity index (χ3n) is 4.10. The summed E-state index contributed by atoms with van der Waals surface area (Å²) in [7, 11) is 0. The molecule has 1 saturated carbocycles. The number of nitrogens with one attached hydrogen (secondary N) is 1. The molecule has 1 heterocycles. The smallest absolute Gasteiger partial charge is 0.255 e. The van der Waals surface area contributed by atoms with Gasteiger partial charge in [-0.3, -0.25) is 9.78 Å². The number of carbonyl (C=O) groups is 1. The second-order valence-electron chi connectivity index (χ2n) is 5.41. The van der Waals surface area contributed by atoms with Gasteiger partial charge in [0.25, 0.3) is 5.91 Å². The number of nitrogens with zero attached hydrogens (tertiary/aromatic N) is 1. The van der Waals surface area contributed by atoms with Crippen molar-refractivity contribution in [2.24, 2.45) is 11.8 Å². The molecular formula is C14H21N3O. The van der Waals surface area contributed by atoms with Crippen LogP contribution < -0.4 is 11.1 Å². The van der Waals surface area contributed by atoms with E-state index in [0.29, 0.717) is 23.1 Å². The topological polar surface area (TPSA) is 68.0 Å². The van der Waals surface area contributed by atoms with Crippen molar-refractivity contribution in [3.8, 4) is 0 Å². The summed E-state index contributed by atoms with van der Waals surface area (Å²) >= 11 is 0. The third-order valence-corrected chi connectivity index (χ3v) is 4.10. The summed E-state index contributed by atoms with van der Waals surface area (Å²) in [6.45, 7) is 6.29. The maximum Gasteiger partial charge on any atom is 0.255 e. The molecule has 1 fully saturated rings. The number of hydrogen-bond donors (Lipinski definition) is 2. The van der Waals surface area contributed by atoms with E-state index in [1.54, 1.807) is 12.3 Å². The molecule has 1 amide bonds. The molecule has 1 aromatic heterocycles. The number of rotatable bonds is 2. The first-order valence-electron chi connectivity index (χ1n) is 6.52. The molecule has 3 unspecified atom stereocenters. The lowest BCUT2D eigenvalue weighted by atomic mass is 9.97. The molecule has 0 saturated heterocycles. The van der Waals surface area contributed by atoms with Gasteiger partial charge in [0.2, 0.25) is 0 Å². The van der Waals surface area contributed by atoms with E-state index < -0.39 is 0 Å². The van der Waals surface area contributed by atoms with Crippen LogP contribution in [0.1, 0.15) is 42.7 Å². The van der Waals surface area contributed by atoms with Crippen molar-refractivity contribution < 1.29 is 4.79 Å². The van der Waals surface area contributed by atoms with Crippen LogP contribution in [0.2, 0.25) is 0 Å². The number of aromatic nitrogens is 1. The van der Waals surface area contributed by atoms with Crippen LogP contribution in [-0.4, -0.2) is 16.9 Å². The standard InChI is InChI=1S/C14H21N3O/c1-8-4-5-13(10(8)3)17-14(18)11-7-16-9(2)6-12(11)15/h6-8,10,13H,4-5H2,1-3H3,(H2,15,16)(H,17,18). The minimum atomic E-state index is -0.106. The number of nitrogens with two attached hydrogens (primary N) is 1. The van der Waals surface area contributed by atoms with Crippen molar-refractivity contribution >= 4 is 11.6 Å². The minimum Gasteiger partial charge on any atom is -0.398 e. The zero-order valence-corrected chi connectivity index (χ0v) is 11.2. The van der Waals surface area contributed by atoms with Gasteiger partial charge in [-0.15, -0.1) is 0 Å². The second-order valence-corrected chi connectivity index (χ2v) is 5.41. The van der Waals surface area contributed by atoms with E-state index in [2.05, 4.69) is 24.1 Å². The predicted octanol–water partition coefficient (Wildman–Crippen LogP) is 2.14. The first kappa shape index (κ1) is 12.9. The molecule has 4 heteroatoms. The highest BCUT2D eigenvalue weighted by atomic mass is 16.1. The molecule has 18 heavy (non-hydrogen) atoms. The SMILES string of the molecule is Cc1cc(N)c(C(=O)NC2CCC(C)C2C)cn1. The number of amides is 1. The molecule has 0 aromatic carbocycles. The summed E-state index contributed by atoms with van der Waals surface area (Å²) in [4.78, 5) is 16.3. The van der Waals surface area contributed by atoms with Crippen LogP contribution in [0.3, 0.4) is 0 Å². The largest absolute Gasteiger partial charge is 0.398 e. The monoisotopic (exact) mass is 247 g/mol. The van der Waals surface area contributed by atoms with Crippen molar-refractivity contribution in [3.63, 3.8) is 0 Å². The maximum atomic E-state index is 12.2. The van der Waals surface area contributed by atoms with Crippen LogP contribution in [-0.2, 0) is 0 Å². The van der Waals surface area contributed by atoms with E-state index in [0.717, 1.165) is 12.1 Å². The zero-order valence-electron chi connectivity index (χ0n) is 11.2. The summed E-state index contributed by atoms with van der Waals surface area (Å²) in [6, 6.07) is 1.99. The molecule has 1 aliphatic carbocycles. The highest BCUT2D eigenvalue weighted by molar-refractivity contribution is 5.99. The van der Waals surface area contributed by atoms with Crippen LogP contribution in [0.25, 0.3) is 0 Å². The van der Waals surface area contributed by atoms with Crippen molar-refractivity contribution in [3.05, 3.63) is 23.5 Å². The first-order valence-corrected chi connectivity index (χ1v) is 6.52. The Labute approximate surface area is 108 Å². The van der Waals surface area contributed by atoms with Crippen LogP contribution in [0.4, 0.5) is 5.69 Å². The Kier molecular flexibility index (Phi) is 3.55. The average molecular weight is 247 g/mol. The highest BCUT2D eigenvalue weighted by Gasteiger charge is 2.31. The van der Waals surface area contributed by atoms with Crippen molar-refractivity contribution in [2.45, 2.75) is 39.7 Å². The number of pyridine rings is 1. The number of aryl methyl sites for hydroxylation is 1. The van der Waals surface area contributed by atoms with Crippen LogP contribution in [0.15, 0.2) is 12.3 Å². The molecular weight excluding hydrogens is 226 g/mol. The van der Waals surface area contributed by atoms with Gasteiger partial charge in [-0.05, 0) is 37.7 Å². The molecule has 0 spiro atoms. The number of anilines is 1. The zero-order chi connectivity index (χ0) is 13.3. The Bertz CT molecular complexity index is 458. The van der Waals surface area contributed by atoms with Crippen molar-refractivity contribution in [1.82, 2.24) is 10.3 Å². The molecule has 1 aromatic rings. The van der Waals surface area contributed by atoms with Gasteiger partial charge in [0.1, 0.15) is 0 Å². The van der Waals surface area contributed by atoms with E-state index in [1.165, 1.54) is 6.42 Å². The van der Waals surface area contributed by atoms with E-state index in [4.69, 9.17) is 5.73 Å². The summed E-state index contributed by atoms with van der Waals surface area (Å²) in [6.07, 6.45) is 3.78. The normalized spacial score (nSPS) is 27.2. The van der Waals surface area contributed by atoms with Crippen LogP contribution in [0.5, 0.6) is 0 Å². The van der Waals surface area contributed by atoms with Crippen LogP contribution in [0, 0.1) is 18.8 Å². The lowest BCUT2D eigenvalue weighted by Crippen LogP contribution is -2.37. The fourth-order valence-electron chi connectivity index (χ4n) is 2.59. The molecule has 2 rings (SSSR count). The van der Waals surface area contributed by atoms with Gasteiger partial charge in [-0.1, -0.05) is 13.8 Å². The number of hydrogen-bond acceptors (Lipinski definition) is 3. The summed E-state index contributed by atoms with van der Waals surface area (Å²) < 4.78 is 0. The van der Waals surface area contributed by atoms with Gasteiger partial charge in [0.05, 0.1) is 5.56 Å². The molecule has 0 radical (unpaired) electrons.